The van der Waals surface area contributed by atoms with Crippen LogP contribution in [0.2, 0.25) is 0 Å². The van der Waals surface area contributed by atoms with Gasteiger partial charge in [0.15, 0.2) is 0 Å². The van der Waals surface area contributed by atoms with Gasteiger partial charge in [-0.25, -0.2) is 22.5 Å². The summed E-state index contributed by atoms with van der Waals surface area (Å²) in [6.07, 6.45) is 4.88. The second-order valence-corrected chi connectivity index (χ2v) is 8.63. The van der Waals surface area contributed by atoms with Crippen molar-refractivity contribution in [3.63, 3.8) is 0 Å². The third kappa shape index (κ3) is 5.79. The highest BCUT2D eigenvalue weighted by Gasteiger charge is 2.32. The second-order valence-electron chi connectivity index (χ2n) is 6.87. The predicted octanol–water partition coefficient (Wildman–Crippen LogP) is 0.623. The standard InChI is InChI=1S/C19H23FN4O5S/c20-13-1-4-15(5-2-13)30(27,28)23-8-7-14-3-6-16(18(12-25)29-14)24-19(26)17-11-21-9-10-22-17/h1-2,4-5,9-11,14,16,18,23,25H,3,6-8,12H2,(H,24,26)/t14-,16-,18-/m1/s1. The first-order valence-electron chi connectivity index (χ1n) is 9.47. The van der Waals surface area contributed by atoms with Crippen LogP contribution in [-0.2, 0) is 14.8 Å². The van der Waals surface area contributed by atoms with Gasteiger partial charge < -0.3 is 15.2 Å². The number of aromatic nitrogens is 2. The molecule has 0 spiro atoms. The smallest absolute Gasteiger partial charge is 0.271 e. The Hall–Kier alpha value is -2.47. The summed E-state index contributed by atoms with van der Waals surface area (Å²) in [5.74, 6) is -0.916. The Kier molecular flexibility index (Phi) is 7.43. The third-order valence-electron chi connectivity index (χ3n) is 4.79. The molecule has 30 heavy (non-hydrogen) atoms. The van der Waals surface area contributed by atoms with E-state index in [1.54, 1.807) is 0 Å². The fourth-order valence-electron chi connectivity index (χ4n) is 3.22. The van der Waals surface area contributed by atoms with Crippen molar-refractivity contribution in [3.8, 4) is 0 Å². The number of benzene rings is 1. The van der Waals surface area contributed by atoms with Crippen molar-refractivity contribution < 1.29 is 27.4 Å². The predicted molar refractivity (Wildman–Crippen MR) is 104 cm³/mol. The van der Waals surface area contributed by atoms with E-state index >= 15 is 0 Å². The van der Waals surface area contributed by atoms with Crippen molar-refractivity contribution in [2.45, 2.75) is 42.4 Å². The Morgan fingerprint density at radius 3 is 2.67 bits per heavy atom. The molecule has 9 nitrogen and oxygen atoms in total. The lowest BCUT2D eigenvalue weighted by Gasteiger charge is -2.36. The van der Waals surface area contributed by atoms with Crippen LogP contribution in [0.25, 0.3) is 0 Å². The number of hydrogen-bond acceptors (Lipinski definition) is 7. The van der Waals surface area contributed by atoms with E-state index in [9.17, 15) is 22.7 Å². The molecule has 11 heteroatoms. The molecule has 1 saturated heterocycles. The fourth-order valence-corrected chi connectivity index (χ4v) is 4.27. The molecule has 1 aliphatic rings. The lowest BCUT2D eigenvalue weighted by Crippen LogP contribution is -2.51. The van der Waals surface area contributed by atoms with E-state index in [4.69, 9.17) is 4.74 Å². The number of nitrogens with zero attached hydrogens (tertiary/aromatic N) is 2. The summed E-state index contributed by atoms with van der Waals surface area (Å²) in [6, 6.07) is 4.17. The van der Waals surface area contributed by atoms with Gasteiger partial charge in [0.05, 0.1) is 29.8 Å². The molecule has 0 bridgehead atoms. The van der Waals surface area contributed by atoms with Gasteiger partial charge in [-0.2, -0.15) is 0 Å². The van der Waals surface area contributed by atoms with Crippen LogP contribution in [0.15, 0.2) is 47.8 Å². The van der Waals surface area contributed by atoms with E-state index in [0.717, 1.165) is 12.1 Å². The zero-order chi connectivity index (χ0) is 21.6. The fraction of sp³-hybridized carbons (Fsp3) is 0.421. The molecule has 0 radical (unpaired) electrons. The Morgan fingerprint density at radius 1 is 1.23 bits per heavy atom. The van der Waals surface area contributed by atoms with Crippen LogP contribution in [0.1, 0.15) is 29.8 Å². The van der Waals surface area contributed by atoms with Gasteiger partial charge in [-0.05, 0) is 43.5 Å². The number of carbonyl (C=O) groups excluding carboxylic acids is 1. The molecule has 0 aliphatic carbocycles. The number of hydrogen-bond donors (Lipinski definition) is 3. The largest absolute Gasteiger partial charge is 0.394 e. The Morgan fingerprint density at radius 2 is 2.00 bits per heavy atom. The zero-order valence-electron chi connectivity index (χ0n) is 16.1. The van der Waals surface area contributed by atoms with E-state index in [2.05, 4.69) is 20.0 Å². The maximum absolute atomic E-state index is 13.0. The summed E-state index contributed by atoms with van der Waals surface area (Å²) in [5, 5.41) is 12.4. The SMILES string of the molecule is O=C(N[C@@H]1CC[C@H](CCNS(=O)(=O)c2ccc(F)cc2)O[C@@H]1CO)c1cnccn1. The number of aliphatic hydroxyl groups excluding tert-OH is 1. The monoisotopic (exact) mass is 438 g/mol. The molecule has 3 atom stereocenters. The highest BCUT2D eigenvalue weighted by Crippen LogP contribution is 2.22. The number of rotatable bonds is 8. The average molecular weight is 438 g/mol. The number of nitrogens with one attached hydrogen (secondary N) is 2. The first kappa shape index (κ1) is 22.2. The van der Waals surface area contributed by atoms with Crippen molar-refractivity contribution in [3.05, 3.63) is 54.4 Å². The Balaban J connectivity index is 1.49. The molecule has 162 valence electrons. The van der Waals surface area contributed by atoms with Gasteiger partial charge in [0.25, 0.3) is 5.91 Å². The molecule has 0 saturated carbocycles. The van der Waals surface area contributed by atoms with Crippen LogP contribution >= 0.6 is 0 Å². The van der Waals surface area contributed by atoms with E-state index in [-0.39, 0.29) is 29.8 Å². The molecule has 2 heterocycles. The van der Waals surface area contributed by atoms with Crippen molar-refractivity contribution in [1.29, 1.82) is 0 Å². The van der Waals surface area contributed by atoms with Crippen molar-refractivity contribution in [1.82, 2.24) is 20.0 Å². The number of sulfonamides is 1. The molecule has 1 aliphatic heterocycles. The van der Waals surface area contributed by atoms with Crippen LogP contribution in [0.5, 0.6) is 0 Å². The number of halogens is 1. The van der Waals surface area contributed by atoms with Crippen LogP contribution in [0, 0.1) is 5.82 Å². The summed E-state index contributed by atoms with van der Waals surface area (Å²) in [7, 11) is -3.75. The van der Waals surface area contributed by atoms with E-state index in [0.29, 0.717) is 19.3 Å². The second kappa shape index (κ2) is 10.0. The van der Waals surface area contributed by atoms with Crippen LogP contribution in [0.3, 0.4) is 0 Å². The van der Waals surface area contributed by atoms with Crippen LogP contribution < -0.4 is 10.0 Å². The Labute approximate surface area is 173 Å². The lowest BCUT2D eigenvalue weighted by atomic mass is 9.97. The molecule has 1 amide bonds. The number of carbonyl (C=O) groups is 1. The average Bonchev–Trinajstić information content (AvgIpc) is 2.75. The van der Waals surface area contributed by atoms with Gasteiger partial charge >= 0.3 is 0 Å². The van der Waals surface area contributed by atoms with Crippen LogP contribution in [-0.4, -0.2) is 60.8 Å². The van der Waals surface area contributed by atoms with Crippen molar-refractivity contribution in [2.24, 2.45) is 0 Å². The van der Waals surface area contributed by atoms with Crippen LogP contribution in [0.4, 0.5) is 4.39 Å². The van der Waals surface area contributed by atoms with E-state index in [1.807, 2.05) is 0 Å². The van der Waals surface area contributed by atoms with E-state index in [1.165, 1.54) is 30.7 Å². The molecule has 2 aromatic rings. The van der Waals surface area contributed by atoms with E-state index < -0.39 is 33.9 Å². The van der Waals surface area contributed by atoms with Gasteiger partial charge in [-0.3, -0.25) is 9.78 Å². The molecule has 1 aromatic carbocycles. The van der Waals surface area contributed by atoms with Crippen molar-refractivity contribution in [2.75, 3.05) is 13.2 Å². The molecule has 1 aromatic heterocycles. The number of aliphatic hydroxyl groups is 1. The molecular formula is C19H23FN4O5S. The van der Waals surface area contributed by atoms with Gasteiger partial charge in [-0.1, -0.05) is 0 Å². The highest BCUT2D eigenvalue weighted by atomic mass is 32.2. The molecular weight excluding hydrogens is 415 g/mol. The molecule has 0 unspecified atom stereocenters. The minimum absolute atomic E-state index is 0.0199. The summed E-state index contributed by atoms with van der Waals surface area (Å²) < 4.78 is 45.7. The topological polar surface area (TPSA) is 131 Å². The summed E-state index contributed by atoms with van der Waals surface area (Å²) in [5.41, 5.74) is 0.173. The van der Waals surface area contributed by atoms with Gasteiger partial charge in [-0.15, -0.1) is 0 Å². The number of ether oxygens (including phenoxy) is 1. The van der Waals surface area contributed by atoms with Gasteiger partial charge in [0.1, 0.15) is 17.6 Å². The first-order chi connectivity index (χ1) is 14.4. The van der Waals surface area contributed by atoms with Crippen molar-refractivity contribution >= 4 is 15.9 Å². The maximum atomic E-state index is 13.0. The summed E-state index contributed by atoms with van der Waals surface area (Å²) in [6.45, 7) is -0.164. The number of amides is 1. The highest BCUT2D eigenvalue weighted by molar-refractivity contribution is 7.89. The summed E-state index contributed by atoms with van der Waals surface area (Å²) in [4.78, 5) is 20.0. The third-order valence-corrected chi connectivity index (χ3v) is 6.27. The lowest BCUT2D eigenvalue weighted by molar-refractivity contribution is -0.0891. The molecule has 1 fully saturated rings. The quantitative estimate of drug-likeness (QED) is 0.551. The minimum Gasteiger partial charge on any atom is -0.394 e. The zero-order valence-corrected chi connectivity index (χ0v) is 16.9. The maximum Gasteiger partial charge on any atom is 0.271 e. The summed E-state index contributed by atoms with van der Waals surface area (Å²) >= 11 is 0. The molecule has 3 rings (SSSR count). The normalized spacial score (nSPS) is 21.9. The molecule has 3 N–H and O–H groups in total. The Bertz CT molecular complexity index is 943. The minimum atomic E-state index is -3.75. The van der Waals surface area contributed by atoms with Gasteiger partial charge in [0, 0.05) is 18.9 Å². The van der Waals surface area contributed by atoms with Gasteiger partial charge in [0.2, 0.25) is 10.0 Å². The first-order valence-corrected chi connectivity index (χ1v) is 11.0.